The molecule has 0 saturated carbocycles. The smallest absolute Gasteiger partial charge is 0.195 e. The number of ketones is 2. The first-order valence-electron chi connectivity index (χ1n) is 16.6. The van der Waals surface area contributed by atoms with Gasteiger partial charge >= 0.3 is 0 Å². The van der Waals surface area contributed by atoms with Crippen LogP contribution >= 0.6 is 0 Å². The van der Waals surface area contributed by atoms with Gasteiger partial charge in [0.05, 0.1) is 34.4 Å². The third-order valence-electron chi connectivity index (χ3n) is 9.37. The van der Waals surface area contributed by atoms with Crippen molar-refractivity contribution in [1.82, 2.24) is 0 Å². The molecule has 6 heteroatoms. The fourth-order valence-corrected chi connectivity index (χ4v) is 7.07. The molecule has 0 saturated heterocycles. The summed E-state index contributed by atoms with van der Waals surface area (Å²) in [4.78, 5) is 33.2. The molecule has 0 N–H and O–H groups in total. The van der Waals surface area contributed by atoms with E-state index < -0.39 is 5.92 Å². The zero-order chi connectivity index (χ0) is 33.6. The fourth-order valence-electron chi connectivity index (χ4n) is 7.07. The van der Waals surface area contributed by atoms with Crippen LogP contribution in [-0.4, -0.2) is 11.6 Å². The molecule has 2 aliphatic heterocycles. The largest absolute Gasteiger partial charge is 0.453 e. The summed E-state index contributed by atoms with van der Waals surface area (Å²) in [5, 5.41) is 0. The van der Waals surface area contributed by atoms with Crippen molar-refractivity contribution in [3.05, 3.63) is 186 Å². The highest BCUT2D eigenvalue weighted by Gasteiger charge is 2.35. The Morgan fingerprint density at radius 3 is 1.58 bits per heavy atom. The van der Waals surface area contributed by atoms with Gasteiger partial charge in [-0.3, -0.25) is 9.59 Å². The third kappa shape index (κ3) is 4.89. The van der Waals surface area contributed by atoms with Crippen LogP contribution in [0.25, 0.3) is 0 Å². The van der Waals surface area contributed by atoms with Gasteiger partial charge in [0, 0.05) is 22.4 Å². The number of fused-ring (bicyclic) bond motifs is 4. The second-order valence-electron chi connectivity index (χ2n) is 12.3. The van der Waals surface area contributed by atoms with Gasteiger partial charge in [0.2, 0.25) is 0 Å². The highest BCUT2D eigenvalue weighted by atomic mass is 16.5. The van der Waals surface area contributed by atoms with Crippen LogP contribution < -0.4 is 19.3 Å². The number of anilines is 5. The summed E-state index contributed by atoms with van der Waals surface area (Å²) in [7, 11) is 0. The Balaban J connectivity index is 1.08. The highest BCUT2D eigenvalue weighted by molar-refractivity contribution is 6.15. The molecule has 0 radical (unpaired) electrons. The van der Waals surface area contributed by atoms with E-state index in [9.17, 15) is 9.59 Å². The number of Topliss-reactive ketones (excluding diaryl/α,β-unsaturated/α-hetero) is 1. The quantitative estimate of drug-likeness (QED) is 0.167. The minimum atomic E-state index is -0.474. The average Bonchev–Trinajstić information content (AvgIpc) is 3.18. The van der Waals surface area contributed by atoms with Crippen LogP contribution in [-0.2, 0) is 0 Å². The number of carbonyl (C=O) groups is 2. The number of ether oxygens (including phenoxy) is 2. The van der Waals surface area contributed by atoms with E-state index >= 15 is 0 Å². The summed E-state index contributed by atoms with van der Waals surface area (Å²) in [6.45, 7) is 0. The Bertz CT molecular complexity index is 2300. The number of hydrogen-bond donors (Lipinski definition) is 0. The van der Waals surface area contributed by atoms with Crippen molar-refractivity contribution in [2.75, 3.05) is 9.80 Å². The predicted octanol–water partition coefficient (Wildman–Crippen LogP) is 11.1. The number of hydrogen-bond acceptors (Lipinski definition) is 6. The Hall–Kier alpha value is -6.66. The minimum absolute atomic E-state index is 0.0546. The van der Waals surface area contributed by atoms with Crippen molar-refractivity contribution >= 4 is 40.0 Å². The fraction of sp³-hybridized carbons (Fsp3) is 0.0455. The summed E-state index contributed by atoms with van der Waals surface area (Å²) < 4.78 is 12.5. The molecule has 3 aliphatic rings. The van der Waals surface area contributed by atoms with Gasteiger partial charge in [0.1, 0.15) is 0 Å². The molecule has 2 heterocycles. The molecule has 240 valence electrons. The van der Waals surface area contributed by atoms with E-state index in [-0.39, 0.29) is 11.6 Å². The van der Waals surface area contributed by atoms with E-state index in [2.05, 4.69) is 9.80 Å². The molecule has 6 nitrogen and oxygen atoms in total. The van der Waals surface area contributed by atoms with Crippen molar-refractivity contribution in [1.29, 1.82) is 0 Å². The maximum absolute atomic E-state index is 14.5. The average molecular weight is 651 g/mol. The van der Waals surface area contributed by atoms with E-state index in [4.69, 9.17) is 9.47 Å². The maximum atomic E-state index is 14.5. The number of allylic oxidation sites excluding steroid dienone is 4. The molecule has 0 fully saturated rings. The van der Waals surface area contributed by atoms with E-state index in [0.29, 0.717) is 34.6 Å². The SMILES string of the molecule is O=C(c1cccc(C(=O)C2CC=CC=C2N2c3ccccc3Oc3ccccc32)c1)c1ccccc1N1c2ccccc2Oc2ccccc21. The van der Waals surface area contributed by atoms with Crippen LogP contribution in [0.4, 0.5) is 28.4 Å². The number of rotatable bonds is 6. The van der Waals surface area contributed by atoms with Crippen LogP contribution in [0.2, 0.25) is 0 Å². The molecule has 6 aromatic carbocycles. The van der Waals surface area contributed by atoms with Gasteiger partial charge in [-0.1, -0.05) is 91.0 Å². The number of nitrogens with zero attached hydrogens (tertiary/aromatic N) is 2. The zero-order valence-corrected chi connectivity index (χ0v) is 26.9. The molecule has 0 spiro atoms. The van der Waals surface area contributed by atoms with E-state index in [0.717, 1.165) is 45.6 Å². The van der Waals surface area contributed by atoms with Crippen molar-refractivity contribution < 1.29 is 19.1 Å². The molecule has 1 unspecified atom stereocenters. The molecule has 6 aromatic rings. The van der Waals surface area contributed by atoms with Gasteiger partial charge in [-0.25, -0.2) is 0 Å². The summed E-state index contributed by atoms with van der Waals surface area (Å²) in [6.07, 6.45) is 6.56. The van der Waals surface area contributed by atoms with E-state index in [1.165, 1.54) is 0 Å². The van der Waals surface area contributed by atoms with Gasteiger partial charge < -0.3 is 19.3 Å². The molecule has 1 aliphatic carbocycles. The summed E-state index contributed by atoms with van der Waals surface area (Å²) in [5.74, 6) is 2.16. The van der Waals surface area contributed by atoms with Gasteiger partial charge in [-0.05, 0) is 79.2 Å². The van der Waals surface area contributed by atoms with Gasteiger partial charge in [0.15, 0.2) is 34.6 Å². The molecule has 0 aromatic heterocycles. The van der Waals surface area contributed by atoms with Crippen LogP contribution in [0.15, 0.2) is 170 Å². The maximum Gasteiger partial charge on any atom is 0.195 e. The lowest BCUT2D eigenvalue weighted by atomic mass is 9.86. The van der Waals surface area contributed by atoms with Crippen molar-refractivity contribution in [2.45, 2.75) is 6.42 Å². The molecule has 9 rings (SSSR count). The lowest BCUT2D eigenvalue weighted by molar-refractivity contribution is 0.0938. The Labute approximate surface area is 289 Å². The molecular formula is C44H30N2O4. The third-order valence-corrected chi connectivity index (χ3v) is 9.37. The van der Waals surface area contributed by atoms with Crippen LogP contribution in [0.5, 0.6) is 23.0 Å². The molecule has 0 bridgehead atoms. The lowest BCUT2D eigenvalue weighted by Gasteiger charge is -2.37. The first-order valence-corrected chi connectivity index (χ1v) is 16.6. The molecule has 0 amide bonds. The standard InChI is InChI=1S/C44H30N2O4/c47-43(31-16-1-3-18-33(31)45-35-20-5-9-24-39(35)49-40-25-10-6-21-36(40)45)29-14-13-15-30(28-29)44(48)32-17-2-4-19-34(32)46-37-22-7-11-26-41(37)50-42-27-12-8-23-38(42)46/h1-16,18-28,32H,17H2. The molecule has 1 atom stereocenters. The second kappa shape index (κ2) is 12.1. The zero-order valence-electron chi connectivity index (χ0n) is 26.9. The number of benzene rings is 6. The van der Waals surface area contributed by atoms with Crippen LogP contribution in [0.1, 0.15) is 32.7 Å². The monoisotopic (exact) mass is 650 g/mol. The topological polar surface area (TPSA) is 59.1 Å². The van der Waals surface area contributed by atoms with Crippen molar-refractivity contribution in [2.24, 2.45) is 5.92 Å². The minimum Gasteiger partial charge on any atom is -0.453 e. The van der Waals surface area contributed by atoms with Gasteiger partial charge in [-0.2, -0.15) is 0 Å². The van der Waals surface area contributed by atoms with Crippen LogP contribution in [0, 0.1) is 5.92 Å². The summed E-state index contributed by atoms with van der Waals surface area (Å²) in [6, 6.07) is 46.0. The molecule has 50 heavy (non-hydrogen) atoms. The summed E-state index contributed by atoms with van der Waals surface area (Å²) in [5.41, 5.74) is 6.45. The summed E-state index contributed by atoms with van der Waals surface area (Å²) >= 11 is 0. The van der Waals surface area contributed by atoms with Crippen LogP contribution in [0.3, 0.4) is 0 Å². The highest BCUT2D eigenvalue weighted by Crippen LogP contribution is 2.52. The molecular weight excluding hydrogens is 620 g/mol. The Morgan fingerprint density at radius 2 is 1.00 bits per heavy atom. The first kappa shape index (κ1) is 29.5. The Kier molecular flexibility index (Phi) is 7.13. The van der Waals surface area contributed by atoms with Gasteiger partial charge in [0.25, 0.3) is 0 Å². The number of carbonyl (C=O) groups excluding carboxylic acids is 2. The first-order chi connectivity index (χ1) is 24.7. The predicted molar refractivity (Wildman–Crippen MR) is 196 cm³/mol. The lowest BCUT2D eigenvalue weighted by Crippen LogP contribution is -2.30. The normalized spacial score (nSPS) is 15.4. The van der Waals surface area contributed by atoms with Gasteiger partial charge in [-0.15, -0.1) is 0 Å². The second-order valence-corrected chi connectivity index (χ2v) is 12.3. The van der Waals surface area contributed by atoms with Crippen molar-refractivity contribution in [3.63, 3.8) is 0 Å². The Morgan fingerprint density at radius 1 is 0.520 bits per heavy atom. The number of para-hydroxylation sites is 9. The van der Waals surface area contributed by atoms with E-state index in [1.54, 1.807) is 24.3 Å². The van der Waals surface area contributed by atoms with Crippen molar-refractivity contribution in [3.8, 4) is 23.0 Å². The van der Waals surface area contributed by atoms with E-state index in [1.807, 2.05) is 140 Å².